The SMILES string of the molecule is CCCCCCCn1c(=O)c(C)cn(-c2ccc(Oc3ccc(N)cc3N)cc2)c1=O. The molecule has 1 heterocycles. The van der Waals surface area contributed by atoms with E-state index >= 15 is 0 Å². The molecule has 31 heavy (non-hydrogen) atoms. The number of nitrogens with two attached hydrogens (primary N) is 2. The Hall–Kier alpha value is -3.48. The van der Waals surface area contributed by atoms with E-state index in [1.54, 1.807) is 55.6 Å². The largest absolute Gasteiger partial charge is 0.455 e. The fourth-order valence-corrected chi connectivity index (χ4v) is 3.45. The smallest absolute Gasteiger partial charge is 0.335 e. The highest BCUT2D eigenvalue weighted by Gasteiger charge is 2.11. The maximum atomic E-state index is 13.0. The molecular formula is C24H30N4O3. The summed E-state index contributed by atoms with van der Waals surface area (Å²) in [5, 5.41) is 0. The van der Waals surface area contributed by atoms with Gasteiger partial charge in [-0.25, -0.2) is 4.79 Å². The van der Waals surface area contributed by atoms with Crippen LogP contribution in [0, 0.1) is 6.92 Å². The van der Waals surface area contributed by atoms with Crippen LogP contribution in [0.3, 0.4) is 0 Å². The number of benzene rings is 2. The first kappa shape index (κ1) is 22.2. The maximum absolute atomic E-state index is 13.0. The molecule has 0 spiro atoms. The van der Waals surface area contributed by atoms with E-state index in [4.69, 9.17) is 16.2 Å². The lowest BCUT2D eigenvalue weighted by Crippen LogP contribution is -2.40. The van der Waals surface area contributed by atoms with Crippen LogP contribution in [0.4, 0.5) is 11.4 Å². The number of aryl methyl sites for hydroxylation is 1. The molecule has 0 aliphatic carbocycles. The van der Waals surface area contributed by atoms with Gasteiger partial charge in [0.05, 0.1) is 11.4 Å². The van der Waals surface area contributed by atoms with E-state index in [0.717, 1.165) is 25.7 Å². The Kier molecular flexibility index (Phi) is 7.18. The molecule has 4 N–H and O–H groups in total. The number of hydrogen-bond acceptors (Lipinski definition) is 5. The van der Waals surface area contributed by atoms with Crippen LogP contribution in [0.15, 0.2) is 58.3 Å². The molecule has 1 aromatic heterocycles. The second-order valence-corrected chi connectivity index (χ2v) is 7.73. The number of ether oxygens (including phenoxy) is 1. The number of rotatable bonds is 9. The summed E-state index contributed by atoms with van der Waals surface area (Å²) in [6.45, 7) is 4.32. The fraction of sp³-hybridized carbons (Fsp3) is 0.333. The molecular weight excluding hydrogens is 392 g/mol. The first-order chi connectivity index (χ1) is 14.9. The molecule has 0 saturated heterocycles. The Morgan fingerprint density at radius 1 is 0.935 bits per heavy atom. The summed E-state index contributed by atoms with van der Waals surface area (Å²) >= 11 is 0. The third-order valence-corrected chi connectivity index (χ3v) is 5.20. The number of nitrogens with zero attached hydrogens (tertiary/aromatic N) is 2. The lowest BCUT2D eigenvalue weighted by Gasteiger charge is -2.13. The zero-order valence-electron chi connectivity index (χ0n) is 18.1. The summed E-state index contributed by atoms with van der Waals surface area (Å²) in [5.41, 5.74) is 13.3. The van der Waals surface area contributed by atoms with Crippen LogP contribution in [0.2, 0.25) is 0 Å². The van der Waals surface area contributed by atoms with Gasteiger partial charge in [0.25, 0.3) is 5.56 Å². The van der Waals surface area contributed by atoms with Gasteiger partial charge in [-0.1, -0.05) is 32.6 Å². The Bertz CT molecular complexity index is 1150. The molecule has 0 aliphatic rings. The van der Waals surface area contributed by atoms with Gasteiger partial charge in [0, 0.05) is 24.0 Å². The molecule has 164 valence electrons. The van der Waals surface area contributed by atoms with E-state index in [-0.39, 0.29) is 11.2 Å². The molecule has 0 bridgehead atoms. The molecule has 3 aromatic rings. The molecule has 0 fully saturated rings. The lowest BCUT2D eigenvalue weighted by atomic mass is 10.1. The van der Waals surface area contributed by atoms with Crippen molar-refractivity contribution in [3.8, 4) is 17.2 Å². The van der Waals surface area contributed by atoms with E-state index in [1.165, 1.54) is 15.6 Å². The predicted octanol–water partition coefficient (Wildman–Crippen LogP) is 4.23. The predicted molar refractivity (Wildman–Crippen MR) is 125 cm³/mol. The van der Waals surface area contributed by atoms with Crippen molar-refractivity contribution in [1.82, 2.24) is 9.13 Å². The van der Waals surface area contributed by atoms with Gasteiger partial charge in [0.1, 0.15) is 11.5 Å². The highest BCUT2D eigenvalue weighted by atomic mass is 16.5. The molecule has 7 nitrogen and oxygen atoms in total. The van der Waals surface area contributed by atoms with Crippen LogP contribution < -0.4 is 27.5 Å². The van der Waals surface area contributed by atoms with Crippen LogP contribution in [-0.4, -0.2) is 9.13 Å². The van der Waals surface area contributed by atoms with E-state index < -0.39 is 0 Å². The number of hydrogen-bond donors (Lipinski definition) is 2. The lowest BCUT2D eigenvalue weighted by molar-refractivity contribution is 0.485. The zero-order valence-corrected chi connectivity index (χ0v) is 18.1. The molecule has 0 atom stereocenters. The molecule has 0 radical (unpaired) electrons. The number of unbranched alkanes of at least 4 members (excludes halogenated alkanes) is 4. The third-order valence-electron chi connectivity index (χ3n) is 5.20. The number of aromatic nitrogens is 2. The van der Waals surface area contributed by atoms with Crippen molar-refractivity contribution in [2.24, 2.45) is 0 Å². The second kappa shape index (κ2) is 10.0. The zero-order chi connectivity index (χ0) is 22.4. The van der Waals surface area contributed by atoms with E-state index in [0.29, 0.717) is 40.7 Å². The Labute approximate surface area is 181 Å². The monoisotopic (exact) mass is 422 g/mol. The highest BCUT2D eigenvalue weighted by Crippen LogP contribution is 2.29. The molecule has 7 heteroatoms. The van der Waals surface area contributed by atoms with Gasteiger partial charge in [-0.05, 0) is 55.8 Å². The van der Waals surface area contributed by atoms with E-state index in [9.17, 15) is 9.59 Å². The van der Waals surface area contributed by atoms with Gasteiger partial charge in [-0.2, -0.15) is 0 Å². The normalized spacial score (nSPS) is 10.9. The summed E-state index contributed by atoms with van der Waals surface area (Å²) < 4.78 is 8.65. The average Bonchev–Trinajstić information content (AvgIpc) is 2.75. The van der Waals surface area contributed by atoms with Gasteiger partial charge in [-0.3, -0.25) is 13.9 Å². The Morgan fingerprint density at radius 3 is 2.32 bits per heavy atom. The summed E-state index contributed by atoms with van der Waals surface area (Å²) in [6.07, 6.45) is 6.85. The fourth-order valence-electron chi connectivity index (χ4n) is 3.45. The first-order valence-corrected chi connectivity index (χ1v) is 10.7. The van der Waals surface area contributed by atoms with Crippen molar-refractivity contribution in [2.75, 3.05) is 11.5 Å². The average molecular weight is 423 g/mol. The van der Waals surface area contributed by atoms with Gasteiger partial charge in [0.15, 0.2) is 0 Å². The van der Waals surface area contributed by atoms with E-state index in [2.05, 4.69) is 6.92 Å². The minimum Gasteiger partial charge on any atom is -0.455 e. The summed E-state index contributed by atoms with van der Waals surface area (Å²) in [4.78, 5) is 25.5. The van der Waals surface area contributed by atoms with Crippen LogP contribution in [0.5, 0.6) is 11.5 Å². The highest BCUT2D eigenvalue weighted by molar-refractivity contribution is 5.61. The molecule has 3 rings (SSSR count). The first-order valence-electron chi connectivity index (χ1n) is 10.7. The summed E-state index contributed by atoms with van der Waals surface area (Å²) in [6, 6.07) is 12.1. The van der Waals surface area contributed by atoms with Gasteiger partial charge >= 0.3 is 5.69 Å². The molecule has 0 aliphatic heterocycles. The number of anilines is 2. The minimum atomic E-state index is -0.331. The standard InChI is InChI=1S/C24H30N4O3/c1-3-4-5-6-7-14-27-23(29)17(2)16-28(24(27)30)19-9-11-20(12-10-19)31-22-13-8-18(25)15-21(22)26/h8-13,15-16H,3-7,14,25-26H2,1-2H3. The van der Waals surface area contributed by atoms with Crippen molar-refractivity contribution >= 4 is 11.4 Å². The molecule has 0 amide bonds. The van der Waals surface area contributed by atoms with Crippen LogP contribution >= 0.6 is 0 Å². The van der Waals surface area contributed by atoms with Crippen molar-refractivity contribution in [2.45, 2.75) is 52.5 Å². The Morgan fingerprint density at radius 2 is 1.65 bits per heavy atom. The molecule has 0 saturated carbocycles. The van der Waals surface area contributed by atoms with Crippen LogP contribution in [-0.2, 0) is 6.54 Å². The van der Waals surface area contributed by atoms with Crippen molar-refractivity contribution in [3.05, 3.63) is 75.1 Å². The molecule has 0 unspecified atom stereocenters. The minimum absolute atomic E-state index is 0.226. The van der Waals surface area contributed by atoms with Gasteiger partial charge in [-0.15, -0.1) is 0 Å². The second-order valence-electron chi connectivity index (χ2n) is 7.73. The topological polar surface area (TPSA) is 105 Å². The summed E-state index contributed by atoms with van der Waals surface area (Å²) in [5.74, 6) is 1.08. The quantitative estimate of drug-likeness (QED) is 0.396. The van der Waals surface area contributed by atoms with Gasteiger partial charge in [0.2, 0.25) is 0 Å². The maximum Gasteiger partial charge on any atom is 0.335 e. The van der Waals surface area contributed by atoms with Crippen molar-refractivity contribution < 1.29 is 4.74 Å². The summed E-state index contributed by atoms with van der Waals surface area (Å²) in [7, 11) is 0. The van der Waals surface area contributed by atoms with Crippen LogP contribution in [0.1, 0.15) is 44.6 Å². The van der Waals surface area contributed by atoms with Crippen molar-refractivity contribution in [1.29, 1.82) is 0 Å². The third kappa shape index (κ3) is 5.36. The van der Waals surface area contributed by atoms with E-state index in [1.807, 2.05) is 0 Å². The van der Waals surface area contributed by atoms with Crippen LogP contribution in [0.25, 0.3) is 5.69 Å². The molecule has 2 aromatic carbocycles. The Balaban J connectivity index is 1.82. The van der Waals surface area contributed by atoms with Gasteiger partial charge < -0.3 is 16.2 Å². The number of nitrogen functional groups attached to an aromatic ring is 2. The van der Waals surface area contributed by atoms with Crippen molar-refractivity contribution in [3.63, 3.8) is 0 Å².